The third-order valence-corrected chi connectivity index (χ3v) is 4.31. The quantitative estimate of drug-likeness (QED) is 0.558. The molecular weight excluding hydrogens is 389 g/mol. The highest BCUT2D eigenvalue weighted by Crippen LogP contribution is 2.20. The molecule has 0 spiro atoms. The van der Waals surface area contributed by atoms with Gasteiger partial charge in [0.25, 0.3) is 5.91 Å². The molecule has 3 rings (SSSR count). The number of nitriles is 1. The molecule has 0 aliphatic heterocycles. The zero-order valence-electron chi connectivity index (χ0n) is 16.2. The summed E-state index contributed by atoms with van der Waals surface area (Å²) >= 11 is 0. The predicted octanol–water partition coefficient (Wildman–Crippen LogP) is 2.82. The molecular formula is C21H18FN5O3. The third-order valence-electron chi connectivity index (χ3n) is 4.31. The Morgan fingerprint density at radius 1 is 1.23 bits per heavy atom. The lowest BCUT2D eigenvalue weighted by atomic mass is 10.2. The molecule has 0 N–H and O–H groups in total. The van der Waals surface area contributed by atoms with Crippen molar-refractivity contribution in [2.24, 2.45) is 0 Å². The van der Waals surface area contributed by atoms with Crippen molar-refractivity contribution in [2.75, 3.05) is 18.1 Å². The fourth-order valence-electron chi connectivity index (χ4n) is 2.81. The van der Waals surface area contributed by atoms with Gasteiger partial charge in [-0.1, -0.05) is 18.2 Å². The Balaban J connectivity index is 1.72. The maximum Gasteiger partial charge on any atom is 0.342 e. The lowest BCUT2D eigenvalue weighted by Gasteiger charge is -2.22. The molecule has 1 amide bonds. The molecule has 0 fully saturated rings. The monoisotopic (exact) mass is 407 g/mol. The summed E-state index contributed by atoms with van der Waals surface area (Å²) in [6.07, 6.45) is 2.94. The van der Waals surface area contributed by atoms with Gasteiger partial charge in [-0.05, 0) is 31.2 Å². The van der Waals surface area contributed by atoms with Crippen LogP contribution >= 0.6 is 0 Å². The molecule has 8 nitrogen and oxygen atoms in total. The van der Waals surface area contributed by atoms with E-state index in [1.54, 1.807) is 37.4 Å². The number of halogens is 1. The number of benzene rings is 1. The fraction of sp³-hybridized carbons (Fsp3) is 0.190. The van der Waals surface area contributed by atoms with Crippen molar-refractivity contribution in [3.05, 3.63) is 71.9 Å². The first-order chi connectivity index (χ1) is 14.5. The van der Waals surface area contributed by atoms with Gasteiger partial charge >= 0.3 is 5.97 Å². The molecule has 0 radical (unpaired) electrons. The van der Waals surface area contributed by atoms with Gasteiger partial charge in [-0.25, -0.2) is 18.9 Å². The van der Waals surface area contributed by atoms with Crippen molar-refractivity contribution in [2.45, 2.75) is 13.3 Å². The van der Waals surface area contributed by atoms with Crippen molar-refractivity contribution in [1.82, 2.24) is 14.8 Å². The molecule has 3 aromatic rings. The molecule has 152 valence electrons. The first-order valence-electron chi connectivity index (χ1n) is 9.08. The van der Waals surface area contributed by atoms with E-state index in [-0.39, 0.29) is 24.2 Å². The van der Waals surface area contributed by atoms with Crippen LogP contribution in [0.5, 0.6) is 0 Å². The lowest BCUT2D eigenvalue weighted by molar-refractivity contribution is -0.121. The summed E-state index contributed by atoms with van der Waals surface area (Å²) in [6, 6.07) is 12.9. The van der Waals surface area contributed by atoms with Gasteiger partial charge in [0, 0.05) is 12.7 Å². The van der Waals surface area contributed by atoms with E-state index in [4.69, 9.17) is 10.00 Å². The number of hydrogen-bond donors (Lipinski definition) is 0. The fourth-order valence-corrected chi connectivity index (χ4v) is 2.81. The molecule has 0 bridgehead atoms. The maximum atomic E-state index is 14.1. The Kier molecular flexibility index (Phi) is 6.49. The zero-order chi connectivity index (χ0) is 21.5. The highest BCUT2D eigenvalue weighted by molar-refractivity contribution is 5.97. The van der Waals surface area contributed by atoms with Gasteiger partial charge in [-0.15, -0.1) is 0 Å². The van der Waals surface area contributed by atoms with E-state index in [0.29, 0.717) is 11.5 Å². The molecule has 0 saturated heterocycles. The highest BCUT2D eigenvalue weighted by atomic mass is 19.1. The van der Waals surface area contributed by atoms with Gasteiger partial charge in [-0.3, -0.25) is 4.79 Å². The van der Waals surface area contributed by atoms with E-state index in [0.717, 1.165) is 4.90 Å². The number of ether oxygens (including phenoxy) is 1. The lowest BCUT2D eigenvalue weighted by Crippen LogP contribution is -2.36. The average molecular weight is 407 g/mol. The van der Waals surface area contributed by atoms with Gasteiger partial charge < -0.3 is 9.64 Å². The highest BCUT2D eigenvalue weighted by Gasteiger charge is 2.22. The van der Waals surface area contributed by atoms with E-state index >= 15 is 0 Å². The van der Waals surface area contributed by atoms with Crippen LogP contribution in [0.3, 0.4) is 0 Å². The molecule has 0 aliphatic rings. The standard InChI is InChI=1S/C21H18FN5O3/c1-15-16(13-25-27(15)19-9-4-5-11-24-19)21(29)30-14-20(28)26(12-6-10-23)18-8-3-2-7-17(18)22/h2-5,7-9,11,13H,6,12,14H2,1H3. The van der Waals surface area contributed by atoms with E-state index < -0.39 is 24.3 Å². The number of amides is 1. The number of carbonyl (C=O) groups is 2. The Morgan fingerprint density at radius 3 is 2.70 bits per heavy atom. The van der Waals surface area contributed by atoms with Crippen molar-refractivity contribution < 1.29 is 18.7 Å². The molecule has 2 heterocycles. The summed E-state index contributed by atoms with van der Waals surface area (Å²) in [7, 11) is 0. The first kappa shape index (κ1) is 20.7. The zero-order valence-corrected chi connectivity index (χ0v) is 16.2. The van der Waals surface area contributed by atoms with Gasteiger partial charge in [0.05, 0.1) is 30.1 Å². The van der Waals surface area contributed by atoms with Crippen LogP contribution in [0.2, 0.25) is 0 Å². The Bertz CT molecular complexity index is 1090. The molecule has 0 aliphatic carbocycles. The maximum absolute atomic E-state index is 14.1. The average Bonchev–Trinajstić information content (AvgIpc) is 3.15. The van der Waals surface area contributed by atoms with Gasteiger partial charge in [0.2, 0.25) is 0 Å². The van der Waals surface area contributed by atoms with E-state index in [2.05, 4.69) is 10.1 Å². The van der Waals surface area contributed by atoms with Crippen molar-refractivity contribution in [1.29, 1.82) is 5.26 Å². The molecule has 1 aromatic carbocycles. The Morgan fingerprint density at radius 2 is 2.00 bits per heavy atom. The SMILES string of the molecule is Cc1c(C(=O)OCC(=O)N(CCC#N)c2ccccc2F)cnn1-c1ccccn1. The van der Waals surface area contributed by atoms with E-state index in [1.807, 2.05) is 6.07 Å². The van der Waals surface area contributed by atoms with Crippen LogP contribution in [0.1, 0.15) is 22.5 Å². The number of rotatable bonds is 7. The Labute approximate surface area is 172 Å². The van der Waals surface area contributed by atoms with Crippen LogP contribution in [-0.2, 0) is 9.53 Å². The van der Waals surface area contributed by atoms with Crippen molar-refractivity contribution in [3.8, 4) is 11.9 Å². The molecule has 2 aromatic heterocycles. The summed E-state index contributed by atoms with van der Waals surface area (Å²) in [5, 5.41) is 13.0. The molecule has 0 saturated carbocycles. The number of pyridine rings is 1. The Hall–Kier alpha value is -4.06. The number of aromatic nitrogens is 3. The second-order valence-electron chi connectivity index (χ2n) is 6.22. The van der Waals surface area contributed by atoms with Gasteiger partial charge in [0.15, 0.2) is 12.4 Å². The molecule has 0 atom stereocenters. The van der Waals surface area contributed by atoms with E-state index in [1.165, 1.54) is 29.1 Å². The molecule has 9 heteroatoms. The second-order valence-corrected chi connectivity index (χ2v) is 6.22. The minimum absolute atomic E-state index is 0.00394. The minimum atomic E-state index is -0.739. The summed E-state index contributed by atoms with van der Waals surface area (Å²) < 4.78 is 20.7. The number of anilines is 1. The topological polar surface area (TPSA) is 101 Å². The predicted molar refractivity (Wildman–Crippen MR) is 105 cm³/mol. The van der Waals surface area contributed by atoms with Crippen LogP contribution in [0.4, 0.5) is 10.1 Å². The second kappa shape index (κ2) is 9.43. The number of nitrogens with zero attached hydrogens (tertiary/aromatic N) is 5. The van der Waals surface area contributed by atoms with Crippen LogP contribution < -0.4 is 4.90 Å². The summed E-state index contributed by atoms with van der Waals surface area (Å²) in [5.41, 5.74) is 0.706. The van der Waals surface area contributed by atoms with E-state index in [9.17, 15) is 14.0 Å². The van der Waals surface area contributed by atoms with Crippen LogP contribution in [0, 0.1) is 24.1 Å². The van der Waals surface area contributed by atoms with Crippen molar-refractivity contribution in [3.63, 3.8) is 0 Å². The van der Waals surface area contributed by atoms with Gasteiger partial charge in [-0.2, -0.15) is 10.4 Å². The smallest absolute Gasteiger partial charge is 0.342 e. The normalized spacial score (nSPS) is 10.3. The van der Waals surface area contributed by atoms with Crippen LogP contribution in [-0.4, -0.2) is 39.8 Å². The van der Waals surface area contributed by atoms with Crippen LogP contribution in [0.15, 0.2) is 54.9 Å². The van der Waals surface area contributed by atoms with Crippen molar-refractivity contribution >= 4 is 17.6 Å². The number of carbonyl (C=O) groups excluding carboxylic acids is 2. The molecule has 30 heavy (non-hydrogen) atoms. The largest absolute Gasteiger partial charge is 0.452 e. The first-order valence-corrected chi connectivity index (χ1v) is 9.08. The number of hydrogen-bond acceptors (Lipinski definition) is 6. The summed E-state index contributed by atoms with van der Waals surface area (Å²) in [4.78, 5) is 30.3. The minimum Gasteiger partial charge on any atom is -0.452 e. The summed E-state index contributed by atoms with van der Waals surface area (Å²) in [6.45, 7) is 1.05. The number of esters is 1. The van der Waals surface area contributed by atoms with Gasteiger partial charge in [0.1, 0.15) is 11.4 Å². The number of para-hydroxylation sites is 1. The van der Waals surface area contributed by atoms with Crippen LogP contribution in [0.25, 0.3) is 5.82 Å². The third kappa shape index (κ3) is 4.50. The summed E-state index contributed by atoms with van der Waals surface area (Å²) in [5.74, 6) is -1.45. The molecule has 0 unspecified atom stereocenters.